The molecule has 0 saturated carbocycles. The Morgan fingerprint density at radius 2 is 1.62 bits per heavy atom. The third-order valence-electron chi connectivity index (χ3n) is 4.36. The van der Waals surface area contributed by atoms with Crippen LogP contribution in [0.25, 0.3) is 0 Å². The van der Waals surface area contributed by atoms with E-state index in [9.17, 15) is 10.1 Å². The Morgan fingerprint density at radius 1 is 1.12 bits per heavy atom. The van der Waals surface area contributed by atoms with Gasteiger partial charge in [-0.25, -0.2) is 0 Å². The van der Waals surface area contributed by atoms with Crippen molar-refractivity contribution in [2.75, 3.05) is 40.4 Å². The van der Waals surface area contributed by atoms with Gasteiger partial charge in [-0.15, -0.1) is 24.8 Å². The third kappa shape index (κ3) is 5.36. The van der Waals surface area contributed by atoms with Crippen molar-refractivity contribution in [3.8, 4) is 11.5 Å². The van der Waals surface area contributed by atoms with Crippen molar-refractivity contribution in [3.05, 3.63) is 27.8 Å². The fraction of sp³-hybridized carbons (Fsp3) is 0.647. The minimum Gasteiger partial charge on any atom is -0.493 e. The second-order valence-electron chi connectivity index (χ2n) is 7.08. The second kappa shape index (κ2) is 10.2. The Bertz CT molecular complexity index is 602. The van der Waals surface area contributed by atoms with E-state index < -0.39 is 0 Å². The first kappa shape index (κ1) is 24.7. The molecule has 1 aliphatic heterocycles. The van der Waals surface area contributed by atoms with Crippen LogP contribution in [0.1, 0.15) is 32.4 Å². The summed E-state index contributed by atoms with van der Waals surface area (Å²) in [5.74, 6) is 0.892. The molecular weight excluding hydrogens is 381 g/mol. The van der Waals surface area contributed by atoms with E-state index in [-0.39, 0.29) is 46.9 Å². The summed E-state index contributed by atoms with van der Waals surface area (Å²) in [7, 11) is 3.03. The Kier molecular flexibility index (Phi) is 9.66. The van der Waals surface area contributed by atoms with Crippen LogP contribution in [0.4, 0.5) is 5.69 Å². The number of piperazine rings is 1. The fourth-order valence-electron chi connectivity index (χ4n) is 3.41. The van der Waals surface area contributed by atoms with E-state index in [1.54, 1.807) is 13.2 Å². The molecule has 1 atom stereocenters. The molecule has 0 unspecified atom stereocenters. The molecule has 1 aromatic rings. The highest BCUT2D eigenvalue weighted by Crippen LogP contribution is 2.45. The number of nitrogens with one attached hydrogen (secondary N) is 1. The SMILES string of the molecule is COc1cc([C@H](N2CCNCC2)C(C)(C)C)c([N+](=O)[O-])cc1OC.Cl.Cl. The van der Waals surface area contributed by atoms with Crippen molar-refractivity contribution in [1.29, 1.82) is 0 Å². The quantitative estimate of drug-likeness (QED) is 0.592. The van der Waals surface area contributed by atoms with Gasteiger partial charge in [0.1, 0.15) is 0 Å². The number of hydrogen-bond acceptors (Lipinski definition) is 6. The van der Waals surface area contributed by atoms with Crippen LogP contribution >= 0.6 is 24.8 Å². The monoisotopic (exact) mass is 409 g/mol. The zero-order chi connectivity index (χ0) is 17.9. The van der Waals surface area contributed by atoms with E-state index in [4.69, 9.17) is 9.47 Å². The maximum absolute atomic E-state index is 11.7. The highest BCUT2D eigenvalue weighted by Gasteiger charge is 2.37. The van der Waals surface area contributed by atoms with Crippen molar-refractivity contribution in [3.63, 3.8) is 0 Å². The molecule has 1 N–H and O–H groups in total. The minimum absolute atomic E-state index is 0. The van der Waals surface area contributed by atoms with Crippen LogP contribution < -0.4 is 14.8 Å². The summed E-state index contributed by atoms with van der Waals surface area (Å²) in [4.78, 5) is 13.7. The van der Waals surface area contributed by atoms with E-state index in [0.717, 1.165) is 26.2 Å². The zero-order valence-corrected chi connectivity index (χ0v) is 17.5. The zero-order valence-electron chi connectivity index (χ0n) is 15.9. The molecule has 150 valence electrons. The standard InChI is InChI=1S/C17H27N3O4.2ClH/c1-17(2,3)16(19-8-6-18-7-9-19)12-10-14(23-4)15(24-5)11-13(12)20(21)22;;/h10-11,16,18H,6-9H2,1-5H3;2*1H/t16-;;/m0../s1. The molecule has 0 aromatic heterocycles. The summed E-state index contributed by atoms with van der Waals surface area (Å²) in [6, 6.07) is 3.14. The van der Waals surface area contributed by atoms with Crippen molar-refractivity contribution < 1.29 is 14.4 Å². The van der Waals surface area contributed by atoms with Gasteiger partial charge in [0.15, 0.2) is 11.5 Å². The number of hydrogen-bond donors (Lipinski definition) is 1. The number of methoxy groups -OCH3 is 2. The van der Waals surface area contributed by atoms with Gasteiger partial charge in [0.05, 0.1) is 30.8 Å². The van der Waals surface area contributed by atoms with E-state index in [1.165, 1.54) is 13.2 Å². The Hall–Kier alpha value is -1.28. The van der Waals surface area contributed by atoms with Gasteiger partial charge in [0.2, 0.25) is 0 Å². The van der Waals surface area contributed by atoms with Crippen LogP contribution in [0.15, 0.2) is 12.1 Å². The van der Waals surface area contributed by atoms with E-state index >= 15 is 0 Å². The highest BCUT2D eigenvalue weighted by atomic mass is 35.5. The summed E-state index contributed by atoms with van der Waals surface area (Å²) in [6.07, 6.45) is 0. The maximum atomic E-state index is 11.7. The molecule has 0 spiro atoms. The molecule has 1 saturated heterocycles. The predicted octanol–water partition coefficient (Wildman–Crippen LogP) is 3.45. The van der Waals surface area contributed by atoms with E-state index in [1.807, 2.05) is 0 Å². The largest absolute Gasteiger partial charge is 0.493 e. The van der Waals surface area contributed by atoms with Crippen molar-refractivity contribution in [1.82, 2.24) is 10.2 Å². The summed E-state index contributed by atoms with van der Waals surface area (Å²) < 4.78 is 10.6. The number of nitrogens with zero attached hydrogens (tertiary/aromatic N) is 2. The molecule has 1 fully saturated rings. The third-order valence-corrected chi connectivity index (χ3v) is 4.36. The lowest BCUT2D eigenvalue weighted by Crippen LogP contribution is -2.48. The number of halogens is 2. The molecule has 2 rings (SSSR count). The topological polar surface area (TPSA) is 76.9 Å². The molecule has 1 heterocycles. The van der Waals surface area contributed by atoms with E-state index in [2.05, 4.69) is 31.0 Å². The van der Waals surface area contributed by atoms with Gasteiger partial charge < -0.3 is 14.8 Å². The van der Waals surface area contributed by atoms with Gasteiger partial charge in [-0.2, -0.15) is 0 Å². The van der Waals surface area contributed by atoms with Gasteiger partial charge in [-0.05, 0) is 11.5 Å². The lowest BCUT2D eigenvalue weighted by atomic mass is 9.80. The Labute approximate surface area is 167 Å². The lowest BCUT2D eigenvalue weighted by molar-refractivity contribution is -0.386. The van der Waals surface area contributed by atoms with Crippen LogP contribution in [0.2, 0.25) is 0 Å². The molecule has 9 heteroatoms. The lowest BCUT2D eigenvalue weighted by Gasteiger charge is -2.42. The molecule has 0 amide bonds. The molecular formula is C17H29Cl2N3O4. The van der Waals surface area contributed by atoms with Gasteiger partial charge in [-0.1, -0.05) is 20.8 Å². The van der Waals surface area contributed by atoms with Crippen LogP contribution in [0.5, 0.6) is 11.5 Å². The maximum Gasteiger partial charge on any atom is 0.278 e. The first-order chi connectivity index (χ1) is 11.3. The Morgan fingerprint density at radius 3 is 2.04 bits per heavy atom. The average Bonchev–Trinajstić information content (AvgIpc) is 2.54. The fourth-order valence-corrected chi connectivity index (χ4v) is 3.41. The molecule has 0 aliphatic carbocycles. The van der Waals surface area contributed by atoms with Crippen LogP contribution in [0.3, 0.4) is 0 Å². The van der Waals surface area contributed by atoms with Crippen molar-refractivity contribution >= 4 is 30.5 Å². The normalized spacial score (nSPS) is 16.0. The molecule has 7 nitrogen and oxygen atoms in total. The molecule has 1 aromatic carbocycles. The van der Waals surface area contributed by atoms with Crippen LogP contribution in [-0.4, -0.2) is 50.2 Å². The minimum atomic E-state index is -0.335. The first-order valence-corrected chi connectivity index (χ1v) is 8.14. The predicted molar refractivity (Wildman–Crippen MR) is 107 cm³/mol. The Balaban J connectivity index is 0.00000312. The number of nitro groups is 1. The van der Waals surface area contributed by atoms with Crippen molar-refractivity contribution in [2.45, 2.75) is 26.8 Å². The van der Waals surface area contributed by atoms with Gasteiger partial charge in [0, 0.05) is 32.2 Å². The summed E-state index contributed by atoms with van der Waals surface area (Å²) in [5.41, 5.74) is 0.583. The summed E-state index contributed by atoms with van der Waals surface area (Å²) >= 11 is 0. The van der Waals surface area contributed by atoms with Crippen LogP contribution in [-0.2, 0) is 0 Å². The number of benzene rings is 1. The number of ether oxygens (including phenoxy) is 2. The second-order valence-corrected chi connectivity index (χ2v) is 7.08. The smallest absolute Gasteiger partial charge is 0.278 e. The van der Waals surface area contributed by atoms with Crippen LogP contribution in [0, 0.1) is 15.5 Å². The van der Waals surface area contributed by atoms with Gasteiger partial charge in [-0.3, -0.25) is 15.0 Å². The van der Waals surface area contributed by atoms with E-state index in [0.29, 0.717) is 17.1 Å². The van der Waals surface area contributed by atoms with Gasteiger partial charge >= 0.3 is 0 Å². The molecule has 0 radical (unpaired) electrons. The first-order valence-electron chi connectivity index (χ1n) is 8.14. The van der Waals surface area contributed by atoms with Gasteiger partial charge in [0.25, 0.3) is 5.69 Å². The number of nitro benzene ring substituents is 1. The van der Waals surface area contributed by atoms with Crippen molar-refractivity contribution in [2.24, 2.45) is 5.41 Å². The summed E-state index contributed by atoms with van der Waals surface area (Å²) in [6.45, 7) is 9.81. The highest BCUT2D eigenvalue weighted by molar-refractivity contribution is 5.85. The average molecular weight is 410 g/mol. The molecule has 1 aliphatic rings. The molecule has 0 bridgehead atoms. The number of rotatable bonds is 5. The molecule has 26 heavy (non-hydrogen) atoms. The summed E-state index contributed by atoms with van der Waals surface area (Å²) in [5, 5.41) is 15.0.